The summed E-state index contributed by atoms with van der Waals surface area (Å²) < 4.78 is 0. The van der Waals surface area contributed by atoms with Gasteiger partial charge in [0.1, 0.15) is 12.6 Å². The second-order valence-corrected chi connectivity index (χ2v) is 7.26. The number of aldehydes is 2. The highest BCUT2D eigenvalue weighted by Gasteiger charge is 1.91. The van der Waals surface area contributed by atoms with Crippen LogP contribution >= 0.6 is 0 Å². The lowest BCUT2D eigenvalue weighted by atomic mass is 10.1. The minimum absolute atomic E-state index is 0.759. The summed E-state index contributed by atoms with van der Waals surface area (Å²) in [6, 6.07) is 0. The molecule has 2 nitrogen and oxygen atoms in total. The Kier molecular flexibility index (Phi) is 30.3. The summed E-state index contributed by atoms with van der Waals surface area (Å²) in [5.41, 5.74) is 0. The highest BCUT2D eigenvalue weighted by atomic mass is 16.1. The van der Waals surface area contributed by atoms with Gasteiger partial charge in [0.05, 0.1) is 0 Å². The molecule has 0 amide bonds. The highest BCUT2D eigenvalue weighted by Crippen LogP contribution is 2.10. The van der Waals surface area contributed by atoms with E-state index >= 15 is 0 Å². The van der Waals surface area contributed by atoms with Gasteiger partial charge in [-0.05, 0) is 25.3 Å². The van der Waals surface area contributed by atoms with E-state index in [9.17, 15) is 9.59 Å². The number of rotatable bonds is 19. The second kappa shape index (κ2) is 28.9. The Bertz CT molecular complexity index is 284. The van der Waals surface area contributed by atoms with E-state index in [1.165, 1.54) is 96.3 Å². The van der Waals surface area contributed by atoms with Crippen LogP contribution in [0.4, 0.5) is 0 Å². The van der Waals surface area contributed by atoms with Crippen LogP contribution in [0.2, 0.25) is 0 Å². The summed E-state index contributed by atoms with van der Waals surface area (Å²) in [6.45, 7) is 4.49. The maximum atomic E-state index is 9.98. The zero-order chi connectivity index (χ0) is 19.6. The van der Waals surface area contributed by atoms with E-state index in [4.69, 9.17) is 0 Å². The molecule has 2 heteroatoms. The number of unbranched alkanes of at least 4 members (excludes halogenated alkanes) is 16. The van der Waals surface area contributed by atoms with Gasteiger partial charge in [-0.3, -0.25) is 4.79 Å². The van der Waals surface area contributed by atoms with Crippen molar-refractivity contribution in [3.8, 4) is 0 Å². The molecule has 154 valence electrons. The standard InChI is InChI=1S/C13H24O.C11H22O/c1-2-3-4-5-6-7-8-9-10-11-12-13-14;1-2-3-4-5-6-7-8-9-10-11-12/h11-13H,2-10H2,1H3;11H,2-10H2,1H3/b12-11-;. The fraction of sp³-hybridized carbons (Fsp3) is 0.833. The van der Waals surface area contributed by atoms with E-state index in [-0.39, 0.29) is 0 Å². The number of carbonyl (C=O) groups is 2. The van der Waals surface area contributed by atoms with Crippen molar-refractivity contribution >= 4 is 12.6 Å². The Labute approximate surface area is 164 Å². The molecule has 0 heterocycles. The smallest absolute Gasteiger partial charge is 0.142 e. The van der Waals surface area contributed by atoms with Crippen molar-refractivity contribution in [2.45, 2.75) is 129 Å². The fourth-order valence-corrected chi connectivity index (χ4v) is 2.91. The molecule has 0 rings (SSSR count). The van der Waals surface area contributed by atoms with Crippen molar-refractivity contribution in [2.75, 3.05) is 0 Å². The van der Waals surface area contributed by atoms with Gasteiger partial charge < -0.3 is 4.79 Å². The summed E-state index contributed by atoms with van der Waals surface area (Å²) in [4.78, 5) is 19.9. The van der Waals surface area contributed by atoms with Crippen molar-refractivity contribution in [3.05, 3.63) is 12.2 Å². The van der Waals surface area contributed by atoms with Crippen LogP contribution in [0.3, 0.4) is 0 Å². The molecule has 0 N–H and O–H groups in total. The highest BCUT2D eigenvalue weighted by molar-refractivity contribution is 5.64. The zero-order valence-electron chi connectivity index (χ0n) is 17.9. The first-order valence-corrected chi connectivity index (χ1v) is 11.4. The Morgan fingerprint density at radius 3 is 1.27 bits per heavy atom. The van der Waals surface area contributed by atoms with Crippen molar-refractivity contribution in [1.29, 1.82) is 0 Å². The van der Waals surface area contributed by atoms with Crippen LogP contribution in [-0.4, -0.2) is 12.6 Å². The lowest BCUT2D eigenvalue weighted by Gasteiger charge is -1.99. The molecule has 0 aromatic carbocycles. The Morgan fingerprint density at radius 1 is 0.500 bits per heavy atom. The van der Waals surface area contributed by atoms with Crippen LogP contribution in [0.1, 0.15) is 129 Å². The van der Waals surface area contributed by atoms with Gasteiger partial charge in [0.25, 0.3) is 0 Å². The van der Waals surface area contributed by atoms with Gasteiger partial charge >= 0.3 is 0 Å². The lowest BCUT2D eigenvalue weighted by Crippen LogP contribution is -1.81. The van der Waals surface area contributed by atoms with E-state index in [0.717, 1.165) is 31.8 Å². The number of allylic oxidation sites excluding steroid dienone is 2. The molecule has 0 radical (unpaired) electrons. The third-order valence-corrected chi connectivity index (χ3v) is 4.61. The monoisotopic (exact) mass is 366 g/mol. The van der Waals surface area contributed by atoms with Crippen LogP contribution in [0.15, 0.2) is 12.2 Å². The molecule has 0 spiro atoms. The third-order valence-electron chi connectivity index (χ3n) is 4.61. The number of hydrogen-bond donors (Lipinski definition) is 0. The molecule has 0 aromatic heterocycles. The predicted molar refractivity (Wildman–Crippen MR) is 116 cm³/mol. The molecule has 0 aliphatic carbocycles. The molecular formula is C24H46O2. The maximum Gasteiger partial charge on any atom is 0.142 e. The average Bonchev–Trinajstić information content (AvgIpc) is 2.66. The SMILES string of the molecule is CCCCCCCCCC/C=C\C=O.CCCCCCCCCCC=O. The van der Waals surface area contributed by atoms with Crippen molar-refractivity contribution in [3.63, 3.8) is 0 Å². The average molecular weight is 367 g/mol. The van der Waals surface area contributed by atoms with E-state index in [2.05, 4.69) is 13.8 Å². The van der Waals surface area contributed by atoms with Gasteiger partial charge in [0.2, 0.25) is 0 Å². The first-order valence-electron chi connectivity index (χ1n) is 11.4. The maximum absolute atomic E-state index is 9.98. The number of carbonyl (C=O) groups excluding carboxylic acids is 2. The van der Waals surface area contributed by atoms with Gasteiger partial charge in [-0.15, -0.1) is 0 Å². The van der Waals surface area contributed by atoms with Crippen LogP contribution in [0, 0.1) is 0 Å². The van der Waals surface area contributed by atoms with E-state index in [0.29, 0.717) is 0 Å². The van der Waals surface area contributed by atoms with Crippen molar-refractivity contribution in [1.82, 2.24) is 0 Å². The molecule has 0 saturated heterocycles. The largest absolute Gasteiger partial charge is 0.303 e. The van der Waals surface area contributed by atoms with Gasteiger partial charge in [0.15, 0.2) is 0 Å². The molecule has 0 saturated carbocycles. The molecule has 26 heavy (non-hydrogen) atoms. The molecule has 0 atom stereocenters. The normalized spacial score (nSPS) is 10.5. The van der Waals surface area contributed by atoms with Crippen molar-refractivity contribution in [2.24, 2.45) is 0 Å². The zero-order valence-corrected chi connectivity index (χ0v) is 17.9. The first kappa shape index (κ1) is 27.3. The molecule has 0 bridgehead atoms. The molecule has 0 fully saturated rings. The Balaban J connectivity index is 0. The number of hydrogen-bond acceptors (Lipinski definition) is 2. The van der Waals surface area contributed by atoms with Gasteiger partial charge in [-0.2, -0.15) is 0 Å². The van der Waals surface area contributed by atoms with Gasteiger partial charge in [0, 0.05) is 6.42 Å². The van der Waals surface area contributed by atoms with Crippen LogP contribution < -0.4 is 0 Å². The lowest BCUT2D eigenvalue weighted by molar-refractivity contribution is -0.108. The minimum Gasteiger partial charge on any atom is -0.303 e. The second-order valence-electron chi connectivity index (χ2n) is 7.26. The van der Waals surface area contributed by atoms with Crippen LogP contribution in [0.25, 0.3) is 0 Å². The summed E-state index contributed by atoms with van der Waals surface area (Å²) in [5.74, 6) is 0. The molecule has 0 aromatic rings. The molecule has 0 aliphatic heterocycles. The Morgan fingerprint density at radius 2 is 0.885 bits per heavy atom. The predicted octanol–water partition coefficient (Wildman–Crippen LogP) is 7.99. The summed E-state index contributed by atoms with van der Waals surface area (Å²) in [6.07, 6.45) is 28.6. The van der Waals surface area contributed by atoms with Gasteiger partial charge in [-0.1, -0.05) is 110 Å². The van der Waals surface area contributed by atoms with Gasteiger partial charge in [-0.25, -0.2) is 0 Å². The van der Waals surface area contributed by atoms with Crippen LogP contribution in [-0.2, 0) is 9.59 Å². The molecular weight excluding hydrogens is 320 g/mol. The fourth-order valence-electron chi connectivity index (χ4n) is 2.91. The first-order chi connectivity index (χ1) is 12.8. The Hall–Kier alpha value is -0.920. The quantitative estimate of drug-likeness (QED) is 0.132. The third kappa shape index (κ3) is 30.9. The summed E-state index contributed by atoms with van der Waals surface area (Å²) in [7, 11) is 0. The summed E-state index contributed by atoms with van der Waals surface area (Å²) >= 11 is 0. The topological polar surface area (TPSA) is 34.1 Å². The summed E-state index contributed by atoms with van der Waals surface area (Å²) in [5, 5.41) is 0. The van der Waals surface area contributed by atoms with Crippen molar-refractivity contribution < 1.29 is 9.59 Å². The van der Waals surface area contributed by atoms with Crippen LogP contribution in [0.5, 0.6) is 0 Å². The van der Waals surface area contributed by atoms with E-state index < -0.39 is 0 Å². The molecule has 0 unspecified atom stereocenters. The minimum atomic E-state index is 0.759. The van der Waals surface area contributed by atoms with E-state index in [1.807, 2.05) is 6.08 Å². The molecule has 0 aliphatic rings. The van der Waals surface area contributed by atoms with E-state index in [1.54, 1.807) is 6.08 Å².